The second-order valence-electron chi connectivity index (χ2n) is 10.7. The zero-order chi connectivity index (χ0) is 27.8. The molecular weight excluding hydrogens is 509 g/mol. The van der Waals surface area contributed by atoms with Crippen molar-refractivity contribution < 1.29 is 33.0 Å². The molecule has 1 fully saturated rings. The number of nitrogens with zero attached hydrogens (tertiary/aromatic N) is 3. The molecule has 1 aromatic carbocycles. The summed E-state index contributed by atoms with van der Waals surface area (Å²) in [6.45, 7) is 4.59. The average Bonchev–Trinajstić information content (AvgIpc) is 3.57. The molecule has 2 amide bonds. The van der Waals surface area contributed by atoms with Crippen molar-refractivity contribution in [2.45, 2.75) is 46.1 Å². The van der Waals surface area contributed by atoms with Crippen molar-refractivity contribution in [3.63, 3.8) is 0 Å². The molecule has 0 spiro atoms. The maximum absolute atomic E-state index is 14.4. The van der Waals surface area contributed by atoms with Gasteiger partial charge in [-0.1, -0.05) is 13.0 Å². The summed E-state index contributed by atoms with van der Waals surface area (Å²) in [7, 11) is 1.39. The highest BCUT2D eigenvalue weighted by Crippen LogP contribution is 2.45. The van der Waals surface area contributed by atoms with Gasteiger partial charge in [-0.25, -0.2) is 13.9 Å². The molecule has 1 saturated carbocycles. The van der Waals surface area contributed by atoms with Gasteiger partial charge in [0.2, 0.25) is 6.79 Å². The molecule has 3 aromatic rings. The third kappa shape index (κ3) is 5.23. The first-order chi connectivity index (χ1) is 18.6. The number of ether oxygens (including phenoxy) is 3. The Morgan fingerprint density at radius 3 is 2.54 bits per heavy atom. The van der Waals surface area contributed by atoms with E-state index in [2.05, 4.69) is 27.6 Å². The second-order valence-corrected chi connectivity index (χ2v) is 10.7. The SMILES string of the molecule is COC(=O)C1(C)CCC(C)(CNC(=O)c2cc(C(=O)NCc3ccc4c(c3)OCO4)nc3c(F)cnn23)CC1. The van der Waals surface area contributed by atoms with Crippen molar-refractivity contribution in [1.29, 1.82) is 0 Å². The maximum Gasteiger partial charge on any atom is 0.311 e. The van der Waals surface area contributed by atoms with Crippen molar-refractivity contribution in [3.8, 4) is 11.5 Å². The van der Waals surface area contributed by atoms with Gasteiger partial charge in [-0.3, -0.25) is 14.4 Å². The third-order valence-electron chi connectivity index (χ3n) is 7.70. The normalized spacial score (nSPS) is 21.9. The molecule has 39 heavy (non-hydrogen) atoms. The fraction of sp³-hybridized carbons (Fsp3) is 0.444. The summed E-state index contributed by atoms with van der Waals surface area (Å²) in [6, 6.07) is 6.59. The van der Waals surface area contributed by atoms with Gasteiger partial charge in [-0.05, 0) is 55.7 Å². The van der Waals surface area contributed by atoms with Gasteiger partial charge in [-0.15, -0.1) is 0 Å². The van der Waals surface area contributed by atoms with Crippen LogP contribution in [0.5, 0.6) is 11.5 Å². The molecule has 0 unspecified atom stereocenters. The topological polar surface area (TPSA) is 133 Å². The summed E-state index contributed by atoms with van der Waals surface area (Å²) in [6.07, 6.45) is 3.67. The molecule has 206 valence electrons. The first-order valence-corrected chi connectivity index (χ1v) is 12.7. The number of methoxy groups -OCH3 is 1. The molecule has 11 nitrogen and oxygen atoms in total. The van der Waals surface area contributed by atoms with Gasteiger partial charge in [0.15, 0.2) is 23.0 Å². The number of aromatic nitrogens is 3. The van der Waals surface area contributed by atoms with E-state index in [4.69, 9.17) is 14.2 Å². The number of amides is 2. The average molecular weight is 540 g/mol. The summed E-state index contributed by atoms with van der Waals surface area (Å²) < 4.78 is 31.1. The van der Waals surface area contributed by atoms with Crippen molar-refractivity contribution in [1.82, 2.24) is 25.2 Å². The highest BCUT2D eigenvalue weighted by atomic mass is 19.1. The standard InChI is InChI=1S/C27H30FN5O6/c1-26(6-8-27(2,9-7-26)25(36)37-3)14-30-24(35)19-11-18(32-22-17(28)13-31-33(19)22)23(34)29-12-16-4-5-20-21(10-16)39-15-38-20/h4-5,10-11,13H,6-9,12,14-15H2,1-3H3,(H,29,34)(H,30,35). The summed E-state index contributed by atoms with van der Waals surface area (Å²) in [5, 5.41) is 9.58. The van der Waals surface area contributed by atoms with Crippen LogP contribution in [0.2, 0.25) is 0 Å². The molecule has 0 atom stereocenters. The van der Waals surface area contributed by atoms with Crippen LogP contribution in [-0.2, 0) is 16.1 Å². The summed E-state index contributed by atoms with van der Waals surface area (Å²) >= 11 is 0. The Morgan fingerprint density at radius 1 is 1.05 bits per heavy atom. The van der Waals surface area contributed by atoms with Gasteiger partial charge >= 0.3 is 5.97 Å². The molecule has 0 radical (unpaired) electrons. The molecule has 0 saturated heterocycles. The lowest BCUT2D eigenvalue weighted by atomic mass is 9.65. The van der Waals surface area contributed by atoms with Crippen LogP contribution in [0.4, 0.5) is 4.39 Å². The minimum Gasteiger partial charge on any atom is -0.469 e. The number of nitrogens with one attached hydrogen (secondary N) is 2. The Kier molecular flexibility index (Phi) is 6.87. The first kappa shape index (κ1) is 26.4. The molecule has 2 N–H and O–H groups in total. The van der Waals surface area contributed by atoms with E-state index in [1.54, 1.807) is 18.2 Å². The Hall–Kier alpha value is -4.22. The fourth-order valence-electron chi connectivity index (χ4n) is 4.95. The lowest BCUT2D eigenvalue weighted by Crippen LogP contribution is -2.43. The molecule has 1 aliphatic carbocycles. The Morgan fingerprint density at radius 2 is 1.79 bits per heavy atom. The summed E-state index contributed by atoms with van der Waals surface area (Å²) in [4.78, 5) is 42.4. The van der Waals surface area contributed by atoms with Gasteiger partial charge in [0, 0.05) is 19.2 Å². The lowest BCUT2D eigenvalue weighted by Gasteiger charge is -2.41. The van der Waals surface area contributed by atoms with E-state index in [-0.39, 0.29) is 41.8 Å². The predicted molar refractivity (Wildman–Crippen MR) is 136 cm³/mol. The van der Waals surface area contributed by atoms with E-state index < -0.39 is 23.0 Å². The van der Waals surface area contributed by atoms with Gasteiger partial charge in [0.1, 0.15) is 11.4 Å². The molecule has 5 rings (SSSR count). The van der Waals surface area contributed by atoms with Crippen LogP contribution in [0, 0.1) is 16.6 Å². The Balaban J connectivity index is 1.28. The quantitative estimate of drug-likeness (QED) is 0.438. The van der Waals surface area contributed by atoms with Crippen LogP contribution in [0.15, 0.2) is 30.5 Å². The fourth-order valence-corrected chi connectivity index (χ4v) is 4.95. The summed E-state index contributed by atoms with van der Waals surface area (Å²) in [5.41, 5.74) is -0.373. The van der Waals surface area contributed by atoms with Crippen molar-refractivity contribution >= 4 is 23.4 Å². The van der Waals surface area contributed by atoms with Gasteiger partial charge < -0.3 is 24.8 Å². The zero-order valence-electron chi connectivity index (χ0n) is 22.0. The number of esters is 1. The Labute approximate surface area is 224 Å². The third-order valence-corrected chi connectivity index (χ3v) is 7.70. The minimum absolute atomic E-state index is 0.0176. The minimum atomic E-state index is -0.754. The van der Waals surface area contributed by atoms with E-state index in [1.165, 1.54) is 13.2 Å². The van der Waals surface area contributed by atoms with E-state index >= 15 is 0 Å². The van der Waals surface area contributed by atoms with Crippen LogP contribution in [-0.4, -0.2) is 52.8 Å². The number of fused-ring (bicyclic) bond motifs is 2. The number of halogens is 1. The van der Waals surface area contributed by atoms with Crippen molar-refractivity contribution in [2.75, 3.05) is 20.4 Å². The van der Waals surface area contributed by atoms with Gasteiger partial charge in [-0.2, -0.15) is 5.10 Å². The molecule has 1 aliphatic heterocycles. The highest BCUT2D eigenvalue weighted by Gasteiger charge is 2.43. The molecule has 12 heteroatoms. The van der Waals surface area contributed by atoms with E-state index in [1.807, 2.05) is 6.92 Å². The molecule has 3 heterocycles. The monoisotopic (exact) mass is 539 g/mol. The number of benzene rings is 1. The van der Waals surface area contributed by atoms with Crippen LogP contribution in [0.1, 0.15) is 66.1 Å². The zero-order valence-corrected chi connectivity index (χ0v) is 22.0. The van der Waals surface area contributed by atoms with Crippen molar-refractivity contribution in [2.24, 2.45) is 10.8 Å². The van der Waals surface area contributed by atoms with E-state index in [9.17, 15) is 18.8 Å². The number of hydrogen-bond acceptors (Lipinski definition) is 8. The van der Waals surface area contributed by atoms with Gasteiger partial charge in [0.05, 0.1) is 18.7 Å². The predicted octanol–water partition coefficient (Wildman–Crippen LogP) is 3.02. The van der Waals surface area contributed by atoms with Crippen LogP contribution >= 0.6 is 0 Å². The lowest BCUT2D eigenvalue weighted by molar-refractivity contribution is -0.155. The van der Waals surface area contributed by atoms with E-state index in [0.717, 1.165) is 16.3 Å². The molecule has 2 aromatic heterocycles. The summed E-state index contributed by atoms with van der Waals surface area (Å²) in [5.74, 6) is -0.857. The highest BCUT2D eigenvalue weighted by molar-refractivity contribution is 5.98. The second kappa shape index (κ2) is 10.2. The molecule has 0 bridgehead atoms. The number of carbonyl (C=O) groups excluding carboxylic acids is 3. The smallest absolute Gasteiger partial charge is 0.311 e. The van der Waals surface area contributed by atoms with E-state index in [0.29, 0.717) is 43.7 Å². The molecular formula is C27H30FN5O6. The van der Waals surface area contributed by atoms with Crippen LogP contribution in [0.25, 0.3) is 5.65 Å². The van der Waals surface area contributed by atoms with Crippen LogP contribution < -0.4 is 20.1 Å². The number of rotatable bonds is 7. The number of hydrogen-bond donors (Lipinski definition) is 2. The first-order valence-electron chi connectivity index (χ1n) is 12.7. The maximum atomic E-state index is 14.4. The number of carbonyl (C=O) groups is 3. The van der Waals surface area contributed by atoms with Crippen LogP contribution in [0.3, 0.4) is 0 Å². The van der Waals surface area contributed by atoms with Gasteiger partial charge in [0.25, 0.3) is 11.8 Å². The van der Waals surface area contributed by atoms with Crippen molar-refractivity contribution in [3.05, 3.63) is 53.2 Å². The Bertz CT molecular complexity index is 1450. The molecule has 2 aliphatic rings. The largest absolute Gasteiger partial charge is 0.469 e.